The zero-order chi connectivity index (χ0) is 14.5. The van der Waals surface area contributed by atoms with Crippen LogP contribution in [-0.2, 0) is 4.79 Å². The van der Waals surface area contributed by atoms with Crippen LogP contribution in [0.4, 0.5) is 10.1 Å². The molecule has 1 aliphatic heterocycles. The number of benzene rings is 1. The molecular weight excluding hydrogens is 281 g/mol. The topological polar surface area (TPSA) is 44.4 Å². The van der Waals surface area contributed by atoms with Crippen LogP contribution in [0.2, 0.25) is 5.02 Å². The van der Waals surface area contributed by atoms with E-state index in [4.69, 9.17) is 11.6 Å². The van der Waals surface area contributed by atoms with Gasteiger partial charge in [-0.25, -0.2) is 4.39 Å². The minimum absolute atomic E-state index is 0.168. The van der Waals surface area contributed by atoms with Crippen LogP contribution in [-0.4, -0.2) is 43.5 Å². The quantitative estimate of drug-likeness (QED) is 0.895. The summed E-state index contributed by atoms with van der Waals surface area (Å²) in [5.74, 6) is -0.722. The number of piperidine rings is 1. The van der Waals surface area contributed by atoms with Gasteiger partial charge in [0, 0.05) is 17.6 Å². The highest BCUT2D eigenvalue weighted by molar-refractivity contribution is 6.30. The van der Waals surface area contributed by atoms with Crippen LogP contribution in [0.25, 0.3) is 0 Å². The molecule has 2 rings (SSSR count). The first-order valence-electron chi connectivity index (χ1n) is 6.73. The highest BCUT2D eigenvalue weighted by Crippen LogP contribution is 2.19. The number of hydrogen-bond donors (Lipinski definition) is 2. The Hall–Kier alpha value is -1.17. The Morgan fingerprint density at radius 3 is 3.05 bits per heavy atom. The largest absolute Gasteiger partial charge is 0.322 e. The second kappa shape index (κ2) is 7.02. The van der Waals surface area contributed by atoms with Crippen LogP contribution in [0.15, 0.2) is 18.2 Å². The second-order valence-corrected chi connectivity index (χ2v) is 5.47. The van der Waals surface area contributed by atoms with Crippen molar-refractivity contribution < 1.29 is 9.18 Å². The van der Waals surface area contributed by atoms with Crippen LogP contribution >= 0.6 is 11.6 Å². The molecular formula is C14H19ClFN3O. The van der Waals surface area contributed by atoms with Gasteiger partial charge in [-0.1, -0.05) is 11.6 Å². The first kappa shape index (κ1) is 15.2. The van der Waals surface area contributed by atoms with Crippen molar-refractivity contribution in [2.75, 3.05) is 32.0 Å². The lowest BCUT2D eigenvalue weighted by Crippen LogP contribution is -2.46. The molecule has 0 saturated carbocycles. The number of amides is 1. The molecule has 0 aliphatic carbocycles. The summed E-state index contributed by atoms with van der Waals surface area (Å²) in [5.41, 5.74) is 0.168. The summed E-state index contributed by atoms with van der Waals surface area (Å²) < 4.78 is 13.6. The van der Waals surface area contributed by atoms with E-state index in [1.807, 2.05) is 7.05 Å². The number of carbonyl (C=O) groups excluding carboxylic acids is 1. The van der Waals surface area contributed by atoms with Crippen molar-refractivity contribution in [2.24, 2.45) is 0 Å². The Morgan fingerprint density at radius 1 is 1.55 bits per heavy atom. The van der Waals surface area contributed by atoms with Gasteiger partial charge in [0.25, 0.3) is 0 Å². The molecule has 6 heteroatoms. The number of likely N-dealkylation sites (N-methyl/N-ethyl adjacent to an activating group) is 1. The van der Waals surface area contributed by atoms with Crippen LogP contribution in [0, 0.1) is 5.82 Å². The molecule has 110 valence electrons. The summed E-state index contributed by atoms with van der Waals surface area (Å²) in [6, 6.07) is 4.64. The van der Waals surface area contributed by atoms with Gasteiger partial charge in [0.1, 0.15) is 5.82 Å². The van der Waals surface area contributed by atoms with Gasteiger partial charge in [-0.2, -0.15) is 0 Å². The summed E-state index contributed by atoms with van der Waals surface area (Å²) in [4.78, 5) is 14.0. The zero-order valence-electron chi connectivity index (χ0n) is 11.5. The van der Waals surface area contributed by atoms with Crippen molar-refractivity contribution in [1.82, 2.24) is 10.2 Å². The van der Waals surface area contributed by atoms with Crippen LogP contribution in [0.3, 0.4) is 0 Å². The maximum atomic E-state index is 13.6. The minimum Gasteiger partial charge on any atom is -0.322 e. The van der Waals surface area contributed by atoms with Crippen molar-refractivity contribution in [1.29, 1.82) is 0 Å². The number of likely N-dealkylation sites (tertiary alicyclic amines) is 1. The van der Waals surface area contributed by atoms with Crippen LogP contribution in [0.1, 0.15) is 12.8 Å². The Balaban J connectivity index is 1.88. The predicted octanol–water partition coefficient (Wildman–Crippen LogP) is 2.10. The van der Waals surface area contributed by atoms with Crippen LogP contribution < -0.4 is 10.6 Å². The molecule has 1 aromatic carbocycles. The summed E-state index contributed by atoms with van der Waals surface area (Å²) in [5, 5.41) is 6.12. The maximum absolute atomic E-state index is 13.6. The Labute approximate surface area is 123 Å². The molecule has 0 radical (unpaired) electrons. The molecule has 0 aromatic heterocycles. The first-order valence-corrected chi connectivity index (χ1v) is 7.11. The molecule has 1 saturated heterocycles. The molecule has 4 nitrogen and oxygen atoms in total. The minimum atomic E-state index is -0.516. The molecule has 1 fully saturated rings. The van der Waals surface area contributed by atoms with E-state index in [0.29, 0.717) is 11.1 Å². The lowest BCUT2D eigenvalue weighted by atomic mass is 10.1. The average molecular weight is 300 g/mol. The SMILES string of the molecule is CNC1CCCN(CC(=O)Nc2ccc(Cl)cc2F)C1. The normalized spacial score (nSPS) is 19.9. The third kappa shape index (κ3) is 4.16. The lowest BCUT2D eigenvalue weighted by molar-refractivity contribution is -0.117. The molecule has 1 unspecified atom stereocenters. The number of halogens is 2. The molecule has 1 aliphatic rings. The van der Waals surface area contributed by atoms with Gasteiger partial charge in [0.2, 0.25) is 5.91 Å². The van der Waals surface area contributed by atoms with E-state index in [1.165, 1.54) is 12.1 Å². The number of hydrogen-bond acceptors (Lipinski definition) is 3. The van der Waals surface area contributed by atoms with Crippen molar-refractivity contribution in [3.63, 3.8) is 0 Å². The predicted molar refractivity (Wildman–Crippen MR) is 78.6 cm³/mol. The fraction of sp³-hybridized carbons (Fsp3) is 0.500. The molecule has 20 heavy (non-hydrogen) atoms. The average Bonchev–Trinajstić information content (AvgIpc) is 2.42. The van der Waals surface area contributed by atoms with E-state index >= 15 is 0 Å². The Bertz CT molecular complexity index is 483. The highest BCUT2D eigenvalue weighted by Gasteiger charge is 2.20. The van der Waals surface area contributed by atoms with E-state index in [0.717, 1.165) is 25.9 Å². The highest BCUT2D eigenvalue weighted by atomic mass is 35.5. The van der Waals surface area contributed by atoms with Crippen LogP contribution in [0.5, 0.6) is 0 Å². The van der Waals surface area contributed by atoms with Gasteiger partial charge in [-0.3, -0.25) is 9.69 Å². The number of rotatable bonds is 4. The van der Waals surface area contributed by atoms with Gasteiger partial charge < -0.3 is 10.6 Å². The number of anilines is 1. The maximum Gasteiger partial charge on any atom is 0.238 e. The van der Waals surface area contributed by atoms with Crippen molar-refractivity contribution in [2.45, 2.75) is 18.9 Å². The molecule has 0 bridgehead atoms. The lowest BCUT2D eigenvalue weighted by Gasteiger charge is -2.31. The molecule has 1 amide bonds. The fourth-order valence-electron chi connectivity index (χ4n) is 2.42. The monoisotopic (exact) mass is 299 g/mol. The Kier molecular flexibility index (Phi) is 5.34. The fourth-order valence-corrected chi connectivity index (χ4v) is 2.58. The van der Waals surface area contributed by atoms with Gasteiger partial charge in [0.05, 0.1) is 12.2 Å². The standard InChI is InChI=1S/C14H19ClFN3O/c1-17-11-3-2-6-19(8-11)9-14(20)18-13-5-4-10(15)7-12(13)16/h4-5,7,11,17H,2-3,6,8-9H2,1H3,(H,18,20). The van der Waals surface area contributed by atoms with E-state index in [1.54, 1.807) is 6.07 Å². The molecule has 2 N–H and O–H groups in total. The zero-order valence-corrected chi connectivity index (χ0v) is 12.2. The van der Waals surface area contributed by atoms with Crippen molar-refractivity contribution >= 4 is 23.2 Å². The van der Waals surface area contributed by atoms with E-state index in [9.17, 15) is 9.18 Å². The number of nitrogens with zero attached hydrogens (tertiary/aromatic N) is 1. The van der Waals surface area contributed by atoms with Crippen molar-refractivity contribution in [3.05, 3.63) is 29.0 Å². The third-order valence-corrected chi connectivity index (χ3v) is 3.72. The number of nitrogens with one attached hydrogen (secondary N) is 2. The summed E-state index contributed by atoms with van der Waals surface area (Å²) >= 11 is 5.67. The second-order valence-electron chi connectivity index (χ2n) is 5.04. The van der Waals surface area contributed by atoms with Gasteiger partial charge in [0.15, 0.2) is 0 Å². The Morgan fingerprint density at radius 2 is 2.35 bits per heavy atom. The molecule has 1 aromatic rings. The number of carbonyl (C=O) groups is 1. The van der Waals surface area contributed by atoms with E-state index in [2.05, 4.69) is 15.5 Å². The summed E-state index contributed by atoms with van der Waals surface area (Å²) in [6.07, 6.45) is 2.19. The first-order chi connectivity index (χ1) is 9.58. The van der Waals surface area contributed by atoms with Gasteiger partial charge >= 0.3 is 0 Å². The van der Waals surface area contributed by atoms with Gasteiger partial charge in [-0.05, 0) is 44.6 Å². The van der Waals surface area contributed by atoms with Crippen molar-refractivity contribution in [3.8, 4) is 0 Å². The summed E-state index contributed by atoms with van der Waals surface area (Å²) in [7, 11) is 1.93. The van der Waals surface area contributed by atoms with E-state index in [-0.39, 0.29) is 18.1 Å². The molecule has 1 atom stereocenters. The van der Waals surface area contributed by atoms with Gasteiger partial charge in [-0.15, -0.1) is 0 Å². The smallest absolute Gasteiger partial charge is 0.238 e. The van der Waals surface area contributed by atoms with E-state index < -0.39 is 5.82 Å². The molecule has 1 heterocycles. The third-order valence-electron chi connectivity index (χ3n) is 3.49. The molecule has 0 spiro atoms. The summed E-state index contributed by atoms with van der Waals surface area (Å²) in [6.45, 7) is 2.02.